The fourth-order valence-corrected chi connectivity index (χ4v) is 2.28. The average Bonchev–Trinajstić information content (AvgIpc) is 2.52. The highest BCUT2D eigenvalue weighted by Gasteiger charge is 2.09. The SMILES string of the molecule is Cc1ccsc1-c1ccc(F)cc1F. The van der Waals surface area contributed by atoms with Crippen molar-refractivity contribution >= 4 is 11.3 Å². The monoisotopic (exact) mass is 210 g/mol. The first kappa shape index (κ1) is 9.34. The largest absolute Gasteiger partial charge is 0.207 e. The molecule has 72 valence electrons. The van der Waals surface area contributed by atoms with Crippen molar-refractivity contribution in [2.45, 2.75) is 6.92 Å². The van der Waals surface area contributed by atoms with Gasteiger partial charge in [0.25, 0.3) is 0 Å². The molecule has 3 heteroatoms. The van der Waals surface area contributed by atoms with Gasteiger partial charge >= 0.3 is 0 Å². The Morgan fingerprint density at radius 3 is 2.50 bits per heavy atom. The van der Waals surface area contributed by atoms with Crippen LogP contribution in [0.3, 0.4) is 0 Å². The number of benzene rings is 1. The maximum absolute atomic E-state index is 13.4. The van der Waals surface area contributed by atoms with Crippen molar-refractivity contribution in [3.63, 3.8) is 0 Å². The van der Waals surface area contributed by atoms with Crippen LogP contribution in [0.5, 0.6) is 0 Å². The maximum Gasteiger partial charge on any atom is 0.134 e. The van der Waals surface area contributed by atoms with Crippen molar-refractivity contribution in [3.05, 3.63) is 46.8 Å². The van der Waals surface area contributed by atoms with E-state index in [1.807, 2.05) is 18.4 Å². The Morgan fingerprint density at radius 1 is 1.14 bits per heavy atom. The van der Waals surface area contributed by atoms with E-state index in [4.69, 9.17) is 0 Å². The average molecular weight is 210 g/mol. The van der Waals surface area contributed by atoms with Gasteiger partial charge in [0.15, 0.2) is 0 Å². The molecule has 0 nitrogen and oxygen atoms in total. The Hall–Kier alpha value is -1.22. The first-order valence-corrected chi connectivity index (χ1v) is 5.06. The van der Waals surface area contributed by atoms with Gasteiger partial charge in [0.2, 0.25) is 0 Å². The molecule has 0 amide bonds. The zero-order valence-corrected chi connectivity index (χ0v) is 8.37. The summed E-state index contributed by atoms with van der Waals surface area (Å²) in [6, 6.07) is 5.58. The van der Waals surface area contributed by atoms with Crippen molar-refractivity contribution in [1.82, 2.24) is 0 Å². The van der Waals surface area contributed by atoms with Crippen LogP contribution in [0.15, 0.2) is 29.6 Å². The van der Waals surface area contributed by atoms with Gasteiger partial charge in [0.05, 0.1) is 0 Å². The highest BCUT2D eigenvalue weighted by atomic mass is 32.1. The van der Waals surface area contributed by atoms with Crippen molar-refractivity contribution < 1.29 is 8.78 Å². The first-order valence-electron chi connectivity index (χ1n) is 4.18. The molecule has 1 aromatic carbocycles. The van der Waals surface area contributed by atoms with Crippen molar-refractivity contribution in [1.29, 1.82) is 0 Å². The Kier molecular flexibility index (Phi) is 2.33. The second-order valence-corrected chi connectivity index (χ2v) is 3.97. The second kappa shape index (κ2) is 3.50. The fraction of sp³-hybridized carbons (Fsp3) is 0.0909. The molecule has 0 aliphatic carbocycles. The number of thiophene rings is 1. The molecule has 1 aromatic heterocycles. The number of rotatable bonds is 1. The summed E-state index contributed by atoms with van der Waals surface area (Å²) >= 11 is 1.46. The highest BCUT2D eigenvalue weighted by molar-refractivity contribution is 7.13. The normalized spacial score (nSPS) is 10.5. The van der Waals surface area contributed by atoms with Crippen LogP contribution in [0, 0.1) is 18.6 Å². The molecule has 2 aromatic rings. The van der Waals surface area contributed by atoms with E-state index in [9.17, 15) is 8.78 Å². The molecule has 14 heavy (non-hydrogen) atoms. The molecule has 0 fully saturated rings. The zero-order chi connectivity index (χ0) is 10.1. The quantitative estimate of drug-likeness (QED) is 0.667. The molecule has 2 rings (SSSR count). The molecule has 0 aliphatic heterocycles. The lowest BCUT2D eigenvalue weighted by molar-refractivity contribution is 0.586. The number of hydrogen-bond acceptors (Lipinski definition) is 1. The Bertz CT molecular complexity index is 460. The topological polar surface area (TPSA) is 0 Å². The molecule has 0 spiro atoms. The molecule has 0 bridgehead atoms. The molecule has 0 unspecified atom stereocenters. The summed E-state index contributed by atoms with van der Waals surface area (Å²) in [5, 5.41) is 1.90. The first-order chi connectivity index (χ1) is 6.68. The van der Waals surface area contributed by atoms with Gasteiger partial charge in [-0.05, 0) is 36.1 Å². The number of hydrogen-bond donors (Lipinski definition) is 0. The van der Waals surface area contributed by atoms with E-state index in [1.54, 1.807) is 0 Å². The Morgan fingerprint density at radius 2 is 1.93 bits per heavy atom. The van der Waals surface area contributed by atoms with Gasteiger partial charge in [-0.1, -0.05) is 0 Å². The van der Waals surface area contributed by atoms with E-state index in [1.165, 1.54) is 23.5 Å². The third kappa shape index (κ3) is 1.55. The van der Waals surface area contributed by atoms with E-state index >= 15 is 0 Å². The van der Waals surface area contributed by atoms with Crippen LogP contribution in [0.25, 0.3) is 10.4 Å². The molecule has 1 heterocycles. The van der Waals surface area contributed by atoms with Gasteiger partial charge < -0.3 is 0 Å². The van der Waals surface area contributed by atoms with Crippen LogP contribution in [0.1, 0.15) is 5.56 Å². The Balaban J connectivity index is 2.58. The molecule has 0 saturated heterocycles. The fourth-order valence-electron chi connectivity index (χ4n) is 1.32. The molecule has 0 aliphatic rings. The van der Waals surface area contributed by atoms with Crippen molar-refractivity contribution in [3.8, 4) is 10.4 Å². The standard InChI is InChI=1S/C11H8F2S/c1-7-4-5-14-11(7)9-3-2-8(12)6-10(9)13/h2-6H,1H3. The summed E-state index contributed by atoms with van der Waals surface area (Å²) in [7, 11) is 0. The summed E-state index contributed by atoms with van der Waals surface area (Å²) in [4.78, 5) is 0.863. The second-order valence-electron chi connectivity index (χ2n) is 3.06. The Labute approximate surface area is 84.8 Å². The third-order valence-electron chi connectivity index (χ3n) is 2.04. The smallest absolute Gasteiger partial charge is 0.134 e. The highest BCUT2D eigenvalue weighted by Crippen LogP contribution is 2.31. The van der Waals surface area contributed by atoms with E-state index < -0.39 is 11.6 Å². The van der Waals surface area contributed by atoms with E-state index in [2.05, 4.69) is 0 Å². The van der Waals surface area contributed by atoms with E-state index in [0.717, 1.165) is 16.5 Å². The van der Waals surface area contributed by atoms with Gasteiger partial charge in [-0.3, -0.25) is 0 Å². The molecule has 0 atom stereocenters. The van der Waals surface area contributed by atoms with Crippen molar-refractivity contribution in [2.24, 2.45) is 0 Å². The van der Waals surface area contributed by atoms with E-state index in [0.29, 0.717) is 5.56 Å². The van der Waals surface area contributed by atoms with Gasteiger partial charge in [0.1, 0.15) is 11.6 Å². The van der Waals surface area contributed by atoms with E-state index in [-0.39, 0.29) is 0 Å². The zero-order valence-electron chi connectivity index (χ0n) is 7.55. The van der Waals surface area contributed by atoms with Crippen LogP contribution in [-0.2, 0) is 0 Å². The molecular formula is C11H8F2S. The molecule has 0 radical (unpaired) electrons. The molecule has 0 saturated carbocycles. The minimum absolute atomic E-state index is 0.471. The summed E-state index contributed by atoms with van der Waals surface area (Å²) in [5.74, 6) is -1.05. The van der Waals surface area contributed by atoms with Crippen LogP contribution in [0.4, 0.5) is 8.78 Å². The number of halogens is 2. The lowest BCUT2D eigenvalue weighted by Crippen LogP contribution is -1.85. The van der Waals surface area contributed by atoms with Crippen LogP contribution < -0.4 is 0 Å². The maximum atomic E-state index is 13.4. The summed E-state index contributed by atoms with van der Waals surface area (Å²) in [6.07, 6.45) is 0. The summed E-state index contributed by atoms with van der Waals surface area (Å²) in [5.41, 5.74) is 1.49. The molecule has 0 N–H and O–H groups in total. The minimum Gasteiger partial charge on any atom is -0.207 e. The minimum atomic E-state index is -0.541. The predicted molar refractivity (Wildman–Crippen MR) is 54.4 cm³/mol. The number of aryl methyl sites for hydroxylation is 1. The van der Waals surface area contributed by atoms with Crippen molar-refractivity contribution in [2.75, 3.05) is 0 Å². The summed E-state index contributed by atoms with van der Waals surface area (Å²) in [6.45, 7) is 1.91. The summed E-state index contributed by atoms with van der Waals surface area (Å²) < 4.78 is 26.0. The third-order valence-corrected chi connectivity index (χ3v) is 3.09. The van der Waals surface area contributed by atoms with Crippen LogP contribution >= 0.6 is 11.3 Å². The predicted octanol–water partition coefficient (Wildman–Crippen LogP) is 4.00. The van der Waals surface area contributed by atoms with Crippen LogP contribution in [-0.4, -0.2) is 0 Å². The lowest BCUT2D eigenvalue weighted by Gasteiger charge is -2.01. The van der Waals surface area contributed by atoms with Crippen LogP contribution in [0.2, 0.25) is 0 Å². The van der Waals surface area contributed by atoms with Gasteiger partial charge in [0, 0.05) is 16.5 Å². The van der Waals surface area contributed by atoms with Gasteiger partial charge in [-0.15, -0.1) is 11.3 Å². The lowest BCUT2D eigenvalue weighted by atomic mass is 10.1. The van der Waals surface area contributed by atoms with Gasteiger partial charge in [-0.2, -0.15) is 0 Å². The van der Waals surface area contributed by atoms with Gasteiger partial charge in [-0.25, -0.2) is 8.78 Å². The molecular weight excluding hydrogens is 202 g/mol.